The van der Waals surface area contributed by atoms with Crippen LogP contribution in [0.25, 0.3) is 0 Å². The van der Waals surface area contributed by atoms with Gasteiger partial charge in [-0.05, 0) is 62.2 Å². The van der Waals surface area contributed by atoms with E-state index in [4.69, 9.17) is 0 Å². The highest BCUT2D eigenvalue weighted by atomic mass is 32.2. The molecule has 0 aromatic carbocycles. The van der Waals surface area contributed by atoms with Gasteiger partial charge >= 0.3 is 0 Å². The van der Waals surface area contributed by atoms with E-state index in [-0.39, 0.29) is 0 Å². The molecule has 9 heteroatoms. The lowest BCUT2D eigenvalue weighted by molar-refractivity contribution is -0.0265. The Bertz CT molecular complexity index is 855. The minimum Gasteiger partial charge on any atom is -0.303 e. The summed E-state index contributed by atoms with van der Waals surface area (Å²) in [6.07, 6.45) is 15.3. The predicted molar refractivity (Wildman–Crippen MR) is 166 cm³/mol. The summed E-state index contributed by atoms with van der Waals surface area (Å²) in [4.78, 5) is 5.66. The normalized spacial score (nSPS) is 51.5. The van der Waals surface area contributed by atoms with Crippen LogP contribution in [0, 0.1) is 35.5 Å². The number of likely N-dealkylation sites (tertiary alicyclic amines) is 2. The molecule has 7 heterocycles. The summed E-state index contributed by atoms with van der Waals surface area (Å²) in [6.45, 7) is 10.0. The van der Waals surface area contributed by atoms with E-state index in [2.05, 4.69) is 53.5 Å². The standard InChI is InChI=1S/C32H56N8S/c1-3-7-27-19(5-1)11-33-29(37-27)21-15-39(16-21)23-9-25-26-10-24(14-36-32(26)41-31(25)35-13-23)40-17-22(18-40)30-34-12-20-6-2-4-8-28(20)38-30/h19-38H,1-18H2. The predicted octanol–water partition coefficient (Wildman–Crippen LogP) is 1.36. The van der Waals surface area contributed by atoms with Gasteiger partial charge in [0.25, 0.3) is 0 Å². The van der Waals surface area contributed by atoms with E-state index in [0.29, 0.717) is 23.1 Å². The minimum absolute atomic E-state index is 0.549. The molecule has 0 radical (unpaired) electrons. The monoisotopic (exact) mass is 584 g/mol. The zero-order valence-electron chi connectivity index (χ0n) is 25.1. The highest BCUT2D eigenvalue weighted by molar-refractivity contribution is 8.00. The van der Waals surface area contributed by atoms with Crippen molar-refractivity contribution in [3.8, 4) is 0 Å². The van der Waals surface area contributed by atoms with Gasteiger partial charge in [0, 0.05) is 88.4 Å². The van der Waals surface area contributed by atoms with Crippen molar-refractivity contribution in [3.63, 3.8) is 0 Å². The molecule has 9 rings (SSSR count). The van der Waals surface area contributed by atoms with Gasteiger partial charge in [-0.3, -0.25) is 20.4 Å². The molecule has 12 atom stereocenters. The molecule has 9 fully saturated rings. The summed E-state index contributed by atoms with van der Waals surface area (Å²) < 4.78 is 0. The quantitative estimate of drug-likeness (QED) is 0.294. The van der Waals surface area contributed by atoms with Crippen molar-refractivity contribution in [3.05, 3.63) is 0 Å². The van der Waals surface area contributed by atoms with Gasteiger partial charge in [0.2, 0.25) is 0 Å². The highest BCUT2D eigenvalue weighted by Crippen LogP contribution is 2.49. The molecule has 0 bridgehead atoms. The minimum atomic E-state index is 0.549. The first kappa shape index (κ1) is 27.3. The lowest BCUT2D eigenvalue weighted by atomic mass is 9.76. The van der Waals surface area contributed by atoms with Crippen molar-refractivity contribution in [2.75, 3.05) is 52.4 Å². The first-order valence-corrected chi connectivity index (χ1v) is 18.8. The molecule has 9 aliphatic rings. The van der Waals surface area contributed by atoms with E-state index in [1.165, 1.54) is 117 Å². The summed E-state index contributed by atoms with van der Waals surface area (Å²) in [6, 6.07) is 3.03. The molecule has 0 amide bonds. The largest absolute Gasteiger partial charge is 0.303 e. The third-order valence-electron chi connectivity index (χ3n) is 13.5. The van der Waals surface area contributed by atoms with Gasteiger partial charge in [0.05, 0.1) is 23.1 Å². The molecule has 41 heavy (non-hydrogen) atoms. The zero-order valence-corrected chi connectivity index (χ0v) is 25.9. The van der Waals surface area contributed by atoms with Gasteiger partial charge in [-0.25, -0.2) is 0 Å². The lowest BCUT2D eigenvalue weighted by Crippen LogP contribution is -2.70. The molecule has 0 aromatic rings. The van der Waals surface area contributed by atoms with Gasteiger partial charge in [-0.2, -0.15) is 0 Å². The van der Waals surface area contributed by atoms with E-state index >= 15 is 0 Å². The van der Waals surface area contributed by atoms with Crippen LogP contribution in [0.4, 0.5) is 0 Å². The summed E-state index contributed by atoms with van der Waals surface area (Å²) in [5, 5.41) is 25.3. The highest BCUT2D eigenvalue weighted by Gasteiger charge is 2.52. The fraction of sp³-hybridized carbons (Fsp3) is 1.00. The third kappa shape index (κ3) is 5.15. The van der Waals surface area contributed by atoms with E-state index in [0.717, 1.165) is 59.7 Å². The number of hydrogen-bond donors (Lipinski definition) is 6. The number of thioether (sulfide) groups is 1. The average molecular weight is 585 g/mol. The van der Waals surface area contributed by atoms with Crippen molar-refractivity contribution in [2.24, 2.45) is 35.5 Å². The van der Waals surface area contributed by atoms with Crippen LogP contribution in [-0.2, 0) is 0 Å². The summed E-state index contributed by atoms with van der Waals surface area (Å²) >= 11 is 2.23. The van der Waals surface area contributed by atoms with Gasteiger partial charge in [0.15, 0.2) is 0 Å². The second-order valence-electron chi connectivity index (χ2n) is 15.7. The second-order valence-corrected chi connectivity index (χ2v) is 17.0. The molecule has 230 valence electrons. The zero-order chi connectivity index (χ0) is 26.9. The maximum Gasteiger partial charge on any atom is 0.0627 e. The molecule has 0 spiro atoms. The summed E-state index contributed by atoms with van der Waals surface area (Å²) in [5.41, 5.74) is 0. The SMILES string of the molecule is C1CCC2NC(C3CN(C4CNC5SC6NCC(N7CC(C8NCC9CCCCC9N8)C7)CC6C5C4)C3)NCC2C1. The first-order valence-electron chi connectivity index (χ1n) is 17.8. The number of rotatable bonds is 4. The van der Waals surface area contributed by atoms with Crippen LogP contribution in [0.3, 0.4) is 0 Å². The van der Waals surface area contributed by atoms with Gasteiger partial charge in [0.1, 0.15) is 0 Å². The van der Waals surface area contributed by atoms with Crippen molar-refractivity contribution in [2.45, 2.75) is 111 Å². The second kappa shape index (κ2) is 11.4. The van der Waals surface area contributed by atoms with Crippen LogP contribution < -0.4 is 31.9 Å². The number of fused-ring (bicyclic) bond motifs is 5. The molecular formula is C32H56N8S. The van der Waals surface area contributed by atoms with Crippen molar-refractivity contribution in [1.29, 1.82) is 0 Å². The molecular weight excluding hydrogens is 528 g/mol. The average Bonchev–Trinajstić information content (AvgIpc) is 3.33. The maximum absolute atomic E-state index is 4.04. The lowest BCUT2D eigenvalue weighted by Gasteiger charge is -2.54. The van der Waals surface area contributed by atoms with E-state index in [1.54, 1.807) is 0 Å². The van der Waals surface area contributed by atoms with Crippen LogP contribution in [0.2, 0.25) is 0 Å². The van der Waals surface area contributed by atoms with E-state index < -0.39 is 0 Å². The number of hydrogen-bond acceptors (Lipinski definition) is 9. The fourth-order valence-corrected chi connectivity index (χ4v) is 12.6. The Morgan fingerprint density at radius 2 is 0.951 bits per heavy atom. The van der Waals surface area contributed by atoms with Crippen molar-refractivity contribution >= 4 is 11.8 Å². The fourth-order valence-electron chi connectivity index (χ4n) is 10.9. The molecule has 2 aliphatic carbocycles. The van der Waals surface area contributed by atoms with Gasteiger partial charge < -0.3 is 21.3 Å². The Kier molecular flexibility index (Phi) is 7.63. The van der Waals surface area contributed by atoms with E-state index in [1.807, 2.05) is 0 Å². The van der Waals surface area contributed by atoms with Crippen LogP contribution >= 0.6 is 11.8 Å². The molecule has 7 aliphatic heterocycles. The molecule has 7 saturated heterocycles. The number of piperidine rings is 2. The van der Waals surface area contributed by atoms with Gasteiger partial charge in [-0.1, -0.05) is 25.7 Å². The Morgan fingerprint density at radius 3 is 1.44 bits per heavy atom. The first-order chi connectivity index (χ1) is 20.2. The van der Waals surface area contributed by atoms with E-state index in [9.17, 15) is 0 Å². The maximum atomic E-state index is 4.04. The van der Waals surface area contributed by atoms with Crippen molar-refractivity contribution < 1.29 is 0 Å². The Morgan fingerprint density at radius 1 is 0.488 bits per heavy atom. The van der Waals surface area contributed by atoms with Crippen LogP contribution in [0.1, 0.15) is 64.2 Å². The molecule has 6 N–H and O–H groups in total. The Balaban J connectivity index is 0.759. The van der Waals surface area contributed by atoms with Gasteiger partial charge in [-0.15, -0.1) is 11.8 Å². The molecule has 12 unspecified atom stereocenters. The van der Waals surface area contributed by atoms with Crippen LogP contribution in [0.15, 0.2) is 0 Å². The smallest absolute Gasteiger partial charge is 0.0627 e. The third-order valence-corrected chi connectivity index (χ3v) is 15.1. The topological polar surface area (TPSA) is 78.7 Å². The Labute approximate surface area is 252 Å². The van der Waals surface area contributed by atoms with Crippen LogP contribution in [-0.4, -0.2) is 109 Å². The van der Waals surface area contributed by atoms with Crippen molar-refractivity contribution in [1.82, 2.24) is 41.7 Å². The summed E-state index contributed by atoms with van der Waals surface area (Å²) in [5.74, 6) is 4.99. The molecule has 2 saturated carbocycles. The molecule has 8 nitrogen and oxygen atoms in total. The number of nitrogens with one attached hydrogen (secondary N) is 6. The Hall–Kier alpha value is 0.0300. The van der Waals surface area contributed by atoms with Crippen LogP contribution in [0.5, 0.6) is 0 Å². The number of nitrogens with zero attached hydrogens (tertiary/aromatic N) is 2. The summed E-state index contributed by atoms with van der Waals surface area (Å²) in [7, 11) is 0. The molecule has 0 aromatic heterocycles.